The molecule has 0 bridgehead atoms. The van der Waals surface area contributed by atoms with Gasteiger partial charge in [0.1, 0.15) is 6.29 Å². The van der Waals surface area contributed by atoms with Crippen LogP contribution in [-0.2, 0) is 0 Å². The van der Waals surface area contributed by atoms with E-state index < -0.39 is 0 Å². The molecule has 0 saturated carbocycles. The first-order valence-electron chi connectivity index (χ1n) is 5.07. The number of hydrogen-bond donors (Lipinski definition) is 1. The lowest BCUT2D eigenvalue weighted by atomic mass is 9.86. The molecule has 0 fully saturated rings. The highest BCUT2D eigenvalue weighted by Gasteiger charge is 2.05. The molecule has 0 amide bonds. The van der Waals surface area contributed by atoms with Crippen LogP contribution in [0.4, 0.5) is 0 Å². The minimum absolute atomic E-state index is 0.572. The van der Waals surface area contributed by atoms with Crippen LogP contribution >= 0.6 is 11.6 Å². The van der Waals surface area contributed by atoms with Crippen LogP contribution in [0, 0.1) is 0 Å². The summed E-state index contributed by atoms with van der Waals surface area (Å²) < 4.78 is 0. The second-order valence-electron chi connectivity index (χ2n) is 3.61. The van der Waals surface area contributed by atoms with Crippen molar-refractivity contribution in [1.29, 1.82) is 0 Å². The number of aldehydes is 1. The Morgan fingerprint density at radius 1 is 1.18 bits per heavy atom. The summed E-state index contributed by atoms with van der Waals surface area (Å²) in [5.41, 5.74) is 2.90. The van der Waals surface area contributed by atoms with Crippen LogP contribution in [0.15, 0.2) is 42.5 Å². The molecule has 0 aromatic heterocycles. The van der Waals surface area contributed by atoms with Crippen molar-refractivity contribution in [3.05, 3.63) is 53.1 Å². The highest BCUT2D eigenvalue weighted by atomic mass is 35.5. The van der Waals surface area contributed by atoms with E-state index in [0.717, 1.165) is 24.9 Å². The molecule has 17 heavy (non-hydrogen) atoms. The van der Waals surface area contributed by atoms with Gasteiger partial charge in [-0.2, -0.15) is 0 Å². The smallest absolute Gasteiger partial charge is 0.326 e. The fourth-order valence-electron chi connectivity index (χ4n) is 1.62. The summed E-state index contributed by atoms with van der Waals surface area (Å²) in [7, 11) is 1.03. The molecule has 1 radical (unpaired) electrons. The zero-order valence-electron chi connectivity index (χ0n) is 8.93. The van der Waals surface area contributed by atoms with Gasteiger partial charge in [-0.05, 0) is 17.7 Å². The predicted octanol–water partition coefficient (Wildman–Crippen LogP) is 2.06. The fourth-order valence-corrected chi connectivity index (χ4v) is 1.85. The average molecular weight is 243 g/mol. The van der Waals surface area contributed by atoms with E-state index in [9.17, 15) is 4.79 Å². The summed E-state index contributed by atoms with van der Waals surface area (Å²) in [5, 5.41) is 9.54. The number of carbonyl (C=O) groups is 1. The van der Waals surface area contributed by atoms with E-state index >= 15 is 0 Å². The molecule has 2 rings (SSSR count). The summed E-state index contributed by atoms with van der Waals surface area (Å²) >= 11 is 6.09. The van der Waals surface area contributed by atoms with Gasteiger partial charge in [0, 0.05) is 16.1 Å². The van der Waals surface area contributed by atoms with E-state index in [2.05, 4.69) is 0 Å². The second kappa shape index (κ2) is 5.17. The number of hydrogen-bond acceptors (Lipinski definition) is 2. The number of benzene rings is 2. The first kappa shape index (κ1) is 11.9. The summed E-state index contributed by atoms with van der Waals surface area (Å²) in [6.07, 6.45) is 0.780. The van der Waals surface area contributed by atoms with Crippen LogP contribution in [0.2, 0.25) is 5.02 Å². The van der Waals surface area contributed by atoms with Gasteiger partial charge >= 0.3 is 7.48 Å². The maximum absolute atomic E-state index is 10.7. The maximum Gasteiger partial charge on any atom is 0.326 e. The Labute approximate surface area is 105 Å². The molecule has 0 aliphatic rings. The van der Waals surface area contributed by atoms with Crippen LogP contribution in [0.5, 0.6) is 0 Å². The molecule has 0 aliphatic carbocycles. The first-order valence-corrected chi connectivity index (χ1v) is 5.45. The topological polar surface area (TPSA) is 37.3 Å². The third-order valence-electron chi connectivity index (χ3n) is 2.47. The standard InChI is InChI=1S/C13H9BClO2/c15-13-5-4-9(8-16)6-12(13)10-2-1-3-11(7-10)14-17/h1-8,17H. The molecule has 83 valence electrons. The lowest BCUT2D eigenvalue weighted by Gasteiger charge is -2.06. The van der Waals surface area contributed by atoms with Gasteiger partial charge in [-0.1, -0.05) is 47.4 Å². The predicted molar refractivity (Wildman–Crippen MR) is 69.9 cm³/mol. The largest absolute Gasteiger partial charge is 0.450 e. The molecule has 4 heteroatoms. The van der Waals surface area contributed by atoms with Gasteiger partial charge in [0.15, 0.2) is 0 Å². The first-order chi connectivity index (χ1) is 8.24. The number of halogens is 1. The maximum atomic E-state index is 10.7. The molecule has 2 nitrogen and oxygen atoms in total. The summed E-state index contributed by atoms with van der Waals surface area (Å²) in [5.74, 6) is 0. The third kappa shape index (κ3) is 2.57. The Balaban J connectivity index is 2.54. The molecule has 0 atom stereocenters. The molecule has 2 aromatic rings. The van der Waals surface area contributed by atoms with Gasteiger partial charge in [0.25, 0.3) is 0 Å². The van der Waals surface area contributed by atoms with Crippen molar-refractivity contribution in [2.75, 3.05) is 0 Å². The number of carbonyl (C=O) groups excluding carboxylic acids is 1. The molecule has 0 unspecified atom stereocenters. The zero-order chi connectivity index (χ0) is 12.3. The Hall–Kier alpha value is -1.58. The molecule has 0 spiro atoms. The second-order valence-corrected chi connectivity index (χ2v) is 4.02. The Kier molecular flexibility index (Phi) is 3.62. The van der Waals surface area contributed by atoms with Crippen LogP contribution in [-0.4, -0.2) is 18.8 Å². The highest BCUT2D eigenvalue weighted by molar-refractivity contribution is 6.45. The van der Waals surface area contributed by atoms with Gasteiger partial charge in [0.2, 0.25) is 0 Å². The molecule has 0 aliphatic heterocycles. The SMILES string of the molecule is O=Cc1ccc(Cl)c(-c2cccc([B]O)c2)c1. The van der Waals surface area contributed by atoms with Crippen molar-refractivity contribution in [3.63, 3.8) is 0 Å². The normalized spacial score (nSPS) is 10.0. The molecule has 2 aromatic carbocycles. The molecular formula is C13H9BClO2. The minimum atomic E-state index is 0.572. The Bertz CT molecular complexity index is 555. The highest BCUT2D eigenvalue weighted by Crippen LogP contribution is 2.27. The van der Waals surface area contributed by atoms with Gasteiger partial charge in [-0.3, -0.25) is 4.79 Å². The summed E-state index contributed by atoms with van der Waals surface area (Å²) in [6.45, 7) is 0. The monoisotopic (exact) mass is 243 g/mol. The van der Waals surface area contributed by atoms with E-state index in [4.69, 9.17) is 16.6 Å². The van der Waals surface area contributed by atoms with E-state index in [-0.39, 0.29) is 0 Å². The van der Waals surface area contributed by atoms with Crippen LogP contribution in [0.3, 0.4) is 0 Å². The lowest BCUT2D eigenvalue weighted by molar-refractivity contribution is 0.112. The Morgan fingerprint density at radius 3 is 2.71 bits per heavy atom. The molecular weight excluding hydrogens is 234 g/mol. The van der Waals surface area contributed by atoms with E-state index in [0.29, 0.717) is 16.0 Å². The van der Waals surface area contributed by atoms with Crippen molar-refractivity contribution >= 4 is 30.8 Å². The van der Waals surface area contributed by atoms with E-state index in [1.54, 1.807) is 30.3 Å². The van der Waals surface area contributed by atoms with E-state index in [1.807, 2.05) is 12.1 Å². The van der Waals surface area contributed by atoms with Crippen molar-refractivity contribution in [3.8, 4) is 11.1 Å². The zero-order valence-corrected chi connectivity index (χ0v) is 9.69. The van der Waals surface area contributed by atoms with Crippen molar-refractivity contribution in [1.82, 2.24) is 0 Å². The molecule has 0 heterocycles. The van der Waals surface area contributed by atoms with Gasteiger partial charge in [-0.25, -0.2) is 0 Å². The van der Waals surface area contributed by atoms with Crippen LogP contribution in [0.25, 0.3) is 11.1 Å². The van der Waals surface area contributed by atoms with Gasteiger partial charge < -0.3 is 5.02 Å². The van der Waals surface area contributed by atoms with E-state index in [1.165, 1.54) is 0 Å². The molecule has 0 saturated heterocycles. The van der Waals surface area contributed by atoms with Crippen LogP contribution in [0.1, 0.15) is 10.4 Å². The van der Waals surface area contributed by atoms with Gasteiger partial charge in [-0.15, -0.1) is 0 Å². The van der Waals surface area contributed by atoms with Crippen molar-refractivity contribution in [2.45, 2.75) is 0 Å². The van der Waals surface area contributed by atoms with Crippen molar-refractivity contribution < 1.29 is 9.82 Å². The lowest BCUT2D eigenvalue weighted by Crippen LogP contribution is -2.12. The summed E-state index contributed by atoms with van der Waals surface area (Å²) in [4.78, 5) is 10.7. The summed E-state index contributed by atoms with van der Waals surface area (Å²) in [6, 6.07) is 12.4. The van der Waals surface area contributed by atoms with Gasteiger partial charge in [0.05, 0.1) is 0 Å². The third-order valence-corrected chi connectivity index (χ3v) is 2.80. The van der Waals surface area contributed by atoms with Crippen LogP contribution < -0.4 is 5.46 Å². The van der Waals surface area contributed by atoms with Crippen molar-refractivity contribution in [2.24, 2.45) is 0 Å². The average Bonchev–Trinajstić information content (AvgIpc) is 2.39. The molecule has 1 N–H and O–H groups in total. The quantitative estimate of drug-likeness (QED) is 0.662. The fraction of sp³-hybridized carbons (Fsp3) is 0. The number of rotatable bonds is 3. The minimum Gasteiger partial charge on any atom is -0.450 e. The Morgan fingerprint density at radius 2 is 2.00 bits per heavy atom.